The molecule has 0 aliphatic rings. The number of esters is 2. The van der Waals surface area contributed by atoms with E-state index in [1.807, 2.05) is 0 Å². The topological polar surface area (TPSA) is 80.7 Å². The summed E-state index contributed by atoms with van der Waals surface area (Å²) in [6.45, 7) is 3.43. The molecule has 28 heavy (non-hydrogen) atoms. The van der Waals surface area contributed by atoms with Crippen molar-refractivity contribution in [1.29, 1.82) is 0 Å². The Labute approximate surface area is 168 Å². The highest BCUT2D eigenvalue weighted by Crippen LogP contribution is 2.38. The Bertz CT molecular complexity index is 806. The first-order valence-electron chi connectivity index (χ1n) is 8.82. The number of ether oxygens (including phenoxy) is 1. The van der Waals surface area contributed by atoms with Crippen LogP contribution in [-0.4, -0.2) is 23.0 Å². The smallest absolute Gasteiger partial charge is 0.344 e. The molecule has 0 radical (unpaired) electrons. The third kappa shape index (κ3) is 5.30. The fraction of sp³-hybridized carbons (Fsp3) is 0.227. The SMILES string of the molecule is C=C(CCCCC(=O)OC(=O)C(Cl)(c1ccccc1)c1ccccc1)C(=O)O. The Kier molecular flexibility index (Phi) is 7.52. The second-order valence-electron chi connectivity index (χ2n) is 6.27. The van der Waals surface area contributed by atoms with E-state index in [0.717, 1.165) is 0 Å². The third-order valence-corrected chi connectivity index (χ3v) is 4.83. The number of halogens is 1. The highest BCUT2D eigenvalue weighted by atomic mass is 35.5. The van der Waals surface area contributed by atoms with Crippen molar-refractivity contribution in [3.8, 4) is 0 Å². The number of carboxylic acids is 1. The molecule has 0 saturated heterocycles. The van der Waals surface area contributed by atoms with Gasteiger partial charge in [0.05, 0.1) is 0 Å². The molecule has 6 heteroatoms. The van der Waals surface area contributed by atoms with Gasteiger partial charge < -0.3 is 9.84 Å². The van der Waals surface area contributed by atoms with Gasteiger partial charge >= 0.3 is 17.9 Å². The normalized spacial score (nSPS) is 10.9. The fourth-order valence-corrected chi connectivity index (χ4v) is 2.97. The van der Waals surface area contributed by atoms with Gasteiger partial charge in [0, 0.05) is 12.0 Å². The van der Waals surface area contributed by atoms with Gasteiger partial charge in [-0.25, -0.2) is 9.59 Å². The highest BCUT2D eigenvalue weighted by molar-refractivity contribution is 6.36. The zero-order valence-corrected chi connectivity index (χ0v) is 16.0. The predicted molar refractivity (Wildman–Crippen MR) is 106 cm³/mol. The number of aliphatic carboxylic acids is 1. The average Bonchev–Trinajstić information content (AvgIpc) is 2.71. The molecular formula is C22H21ClO5. The van der Waals surface area contributed by atoms with E-state index in [0.29, 0.717) is 24.0 Å². The van der Waals surface area contributed by atoms with Gasteiger partial charge in [-0.15, -0.1) is 0 Å². The van der Waals surface area contributed by atoms with Gasteiger partial charge in [-0.3, -0.25) is 4.79 Å². The van der Waals surface area contributed by atoms with E-state index in [1.54, 1.807) is 60.7 Å². The molecule has 0 aliphatic heterocycles. The van der Waals surface area contributed by atoms with E-state index in [-0.39, 0.29) is 18.4 Å². The molecule has 0 bridgehead atoms. The molecule has 5 nitrogen and oxygen atoms in total. The lowest BCUT2D eigenvalue weighted by Gasteiger charge is -2.25. The summed E-state index contributed by atoms with van der Waals surface area (Å²) in [4.78, 5) is 34.0. The van der Waals surface area contributed by atoms with Crippen molar-refractivity contribution in [1.82, 2.24) is 0 Å². The van der Waals surface area contributed by atoms with Crippen molar-refractivity contribution < 1.29 is 24.2 Å². The first-order valence-corrected chi connectivity index (χ1v) is 9.19. The fourth-order valence-electron chi connectivity index (χ4n) is 2.68. The minimum Gasteiger partial charge on any atom is -0.478 e. The van der Waals surface area contributed by atoms with E-state index in [2.05, 4.69) is 6.58 Å². The molecule has 2 aromatic rings. The minimum atomic E-state index is -1.64. The first kappa shape index (κ1) is 21.4. The summed E-state index contributed by atoms with van der Waals surface area (Å²) in [5.41, 5.74) is 1.08. The summed E-state index contributed by atoms with van der Waals surface area (Å²) in [5, 5.41) is 8.77. The molecule has 0 fully saturated rings. The summed E-state index contributed by atoms with van der Waals surface area (Å²) in [6, 6.07) is 17.4. The standard InChI is InChI=1S/C22H21ClO5/c1-16(20(25)26)10-8-9-15-19(24)28-21(27)22(23,17-11-4-2-5-12-17)18-13-6-3-7-14-18/h2-7,11-14H,1,8-10,15H2,(H,25,26). The van der Waals surface area contributed by atoms with Crippen molar-refractivity contribution >= 4 is 29.5 Å². The second kappa shape index (κ2) is 9.85. The molecule has 0 spiro atoms. The van der Waals surface area contributed by atoms with Crippen LogP contribution in [0.2, 0.25) is 0 Å². The molecule has 0 saturated carbocycles. The third-order valence-electron chi connectivity index (χ3n) is 4.24. The molecule has 2 rings (SSSR count). The lowest BCUT2D eigenvalue weighted by atomic mass is 9.90. The molecule has 1 N–H and O–H groups in total. The van der Waals surface area contributed by atoms with Gasteiger partial charge in [-0.05, 0) is 30.4 Å². The lowest BCUT2D eigenvalue weighted by molar-refractivity contribution is -0.161. The monoisotopic (exact) mass is 400 g/mol. The molecular weight excluding hydrogens is 380 g/mol. The summed E-state index contributed by atoms with van der Waals surface area (Å²) < 4.78 is 5.03. The number of hydrogen-bond acceptors (Lipinski definition) is 4. The number of alkyl halides is 1. The quantitative estimate of drug-likeness (QED) is 0.221. The van der Waals surface area contributed by atoms with Crippen molar-refractivity contribution in [2.24, 2.45) is 0 Å². The maximum Gasteiger partial charge on any atom is 0.344 e. The first-order chi connectivity index (χ1) is 13.4. The van der Waals surface area contributed by atoms with Crippen molar-refractivity contribution in [3.05, 3.63) is 83.9 Å². The maximum atomic E-state index is 12.8. The Balaban J connectivity index is 2.07. The Morgan fingerprint density at radius 1 is 0.893 bits per heavy atom. The van der Waals surface area contributed by atoms with Crippen LogP contribution in [0.25, 0.3) is 0 Å². The van der Waals surface area contributed by atoms with Gasteiger partial charge in [0.1, 0.15) is 0 Å². The van der Waals surface area contributed by atoms with Gasteiger partial charge in [-0.1, -0.05) is 78.8 Å². The van der Waals surface area contributed by atoms with Crippen LogP contribution in [0.15, 0.2) is 72.8 Å². The van der Waals surface area contributed by atoms with Gasteiger partial charge in [0.2, 0.25) is 0 Å². The Hall–Kier alpha value is -2.92. The minimum absolute atomic E-state index is 0.0187. The molecule has 0 heterocycles. The Morgan fingerprint density at radius 3 is 1.82 bits per heavy atom. The van der Waals surface area contributed by atoms with Gasteiger partial charge in [0.25, 0.3) is 0 Å². The maximum absolute atomic E-state index is 12.8. The average molecular weight is 401 g/mol. The van der Waals surface area contributed by atoms with Crippen molar-refractivity contribution in [2.75, 3.05) is 0 Å². The molecule has 146 valence electrons. The highest BCUT2D eigenvalue weighted by Gasteiger charge is 2.42. The largest absolute Gasteiger partial charge is 0.478 e. The molecule has 0 aliphatic carbocycles. The number of carboxylic acid groups (broad SMARTS) is 1. The van der Waals surface area contributed by atoms with Crippen molar-refractivity contribution in [2.45, 2.75) is 30.6 Å². The van der Waals surface area contributed by atoms with E-state index < -0.39 is 22.8 Å². The molecule has 0 aromatic heterocycles. The van der Waals surface area contributed by atoms with E-state index in [4.69, 9.17) is 21.4 Å². The summed E-state index contributed by atoms with van der Waals surface area (Å²) >= 11 is 6.72. The number of hydrogen-bond donors (Lipinski definition) is 1. The van der Waals surface area contributed by atoms with Crippen LogP contribution in [-0.2, 0) is 24.0 Å². The predicted octanol–water partition coefficient (Wildman–Crippen LogP) is 4.44. The Morgan fingerprint density at radius 2 is 1.36 bits per heavy atom. The van der Waals surface area contributed by atoms with Crippen LogP contribution in [0, 0.1) is 0 Å². The van der Waals surface area contributed by atoms with Gasteiger partial charge in [-0.2, -0.15) is 0 Å². The van der Waals surface area contributed by atoms with Crippen LogP contribution in [0.5, 0.6) is 0 Å². The number of carbonyl (C=O) groups excluding carboxylic acids is 2. The molecule has 0 amide bonds. The van der Waals surface area contributed by atoms with Crippen LogP contribution in [0.4, 0.5) is 0 Å². The number of unbranched alkanes of at least 4 members (excludes halogenated alkanes) is 1. The number of benzene rings is 2. The van der Waals surface area contributed by atoms with Crippen LogP contribution < -0.4 is 0 Å². The van der Waals surface area contributed by atoms with Crippen LogP contribution >= 0.6 is 11.6 Å². The van der Waals surface area contributed by atoms with Gasteiger partial charge in [0.15, 0.2) is 4.87 Å². The van der Waals surface area contributed by atoms with Crippen molar-refractivity contribution in [3.63, 3.8) is 0 Å². The summed E-state index contributed by atoms with van der Waals surface area (Å²) in [6.07, 6.45) is 1.08. The summed E-state index contributed by atoms with van der Waals surface area (Å²) in [5.74, 6) is -2.63. The second-order valence-corrected chi connectivity index (χ2v) is 6.83. The lowest BCUT2D eigenvalue weighted by Crippen LogP contribution is -2.34. The van der Waals surface area contributed by atoms with E-state index >= 15 is 0 Å². The summed E-state index contributed by atoms with van der Waals surface area (Å²) in [7, 11) is 0. The van der Waals surface area contributed by atoms with E-state index in [1.165, 1.54) is 0 Å². The van der Waals surface area contributed by atoms with Crippen LogP contribution in [0.1, 0.15) is 36.8 Å². The molecule has 2 aromatic carbocycles. The molecule has 0 atom stereocenters. The zero-order chi connectivity index (χ0) is 20.6. The zero-order valence-electron chi connectivity index (χ0n) is 15.3. The molecule has 0 unspecified atom stereocenters. The van der Waals surface area contributed by atoms with E-state index in [9.17, 15) is 14.4 Å². The number of carbonyl (C=O) groups is 3. The van der Waals surface area contributed by atoms with Crippen LogP contribution in [0.3, 0.4) is 0 Å². The number of rotatable bonds is 9.